The molecule has 1 aliphatic heterocycles. The fraction of sp³-hybridized carbons (Fsp3) is 0.350. The summed E-state index contributed by atoms with van der Waals surface area (Å²) in [5.41, 5.74) is 2.21. The number of aryl methyl sites for hydroxylation is 1. The van der Waals surface area contributed by atoms with Crippen LogP contribution in [0.15, 0.2) is 48.5 Å². The molecule has 0 aromatic heterocycles. The molecule has 4 nitrogen and oxygen atoms in total. The number of carbonyl (C=O) groups excluding carboxylic acids is 1. The molecule has 0 spiro atoms. The molecule has 0 radical (unpaired) electrons. The zero-order chi connectivity index (χ0) is 16.8. The van der Waals surface area contributed by atoms with Gasteiger partial charge in [0.25, 0.3) is 0 Å². The number of fused-ring (bicyclic) bond motifs is 1. The van der Waals surface area contributed by atoms with Gasteiger partial charge < -0.3 is 14.4 Å². The van der Waals surface area contributed by atoms with Gasteiger partial charge in [-0.2, -0.15) is 0 Å². The Kier molecular flexibility index (Phi) is 5.36. The summed E-state index contributed by atoms with van der Waals surface area (Å²) in [6.45, 7) is 1.33. The highest BCUT2D eigenvalue weighted by Gasteiger charge is 2.22. The Bertz CT molecular complexity index is 685. The van der Waals surface area contributed by atoms with Crippen LogP contribution < -0.4 is 14.4 Å². The Hall–Kier alpha value is -2.49. The molecule has 0 saturated carbocycles. The molecule has 0 atom stereocenters. The molecule has 2 aromatic carbocycles. The van der Waals surface area contributed by atoms with Crippen molar-refractivity contribution in [2.75, 3.05) is 25.2 Å². The monoisotopic (exact) mass is 325 g/mol. The molecule has 2 aromatic rings. The van der Waals surface area contributed by atoms with Gasteiger partial charge in [-0.3, -0.25) is 4.79 Å². The van der Waals surface area contributed by atoms with Crippen LogP contribution in [0.3, 0.4) is 0 Å². The van der Waals surface area contributed by atoms with E-state index in [2.05, 4.69) is 6.07 Å². The first kappa shape index (κ1) is 16.4. The molecule has 0 aliphatic carbocycles. The molecule has 3 rings (SSSR count). The van der Waals surface area contributed by atoms with Crippen LogP contribution in [0.4, 0.5) is 5.69 Å². The Balaban J connectivity index is 1.56. The van der Waals surface area contributed by atoms with Crippen molar-refractivity contribution in [1.82, 2.24) is 0 Å². The van der Waals surface area contributed by atoms with E-state index in [4.69, 9.17) is 9.47 Å². The number of nitrogens with zero attached hydrogens (tertiary/aromatic N) is 1. The van der Waals surface area contributed by atoms with E-state index >= 15 is 0 Å². The maximum atomic E-state index is 12.6. The number of para-hydroxylation sites is 1. The van der Waals surface area contributed by atoms with Gasteiger partial charge in [0.2, 0.25) is 5.91 Å². The molecule has 0 unspecified atom stereocenters. The Morgan fingerprint density at radius 2 is 1.96 bits per heavy atom. The molecule has 1 aliphatic rings. The van der Waals surface area contributed by atoms with Crippen molar-refractivity contribution in [1.29, 1.82) is 0 Å². The first-order valence-electron chi connectivity index (χ1n) is 8.43. The normalized spacial score (nSPS) is 13.3. The third-order valence-electron chi connectivity index (χ3n) is 4.26. The number of hydrogen-bond acceptors (Lipinski definition) is 3. The summed E-state index contributed by atoms with van der Waals surface area (Å²) in [6.07, 6.45) is 3.22. The van der Waals surface area contributed by atoms with Gasteiger partial charge in [-0.1, -0.05) is 24.3 Å². The van der Waals surface area contributed by atoms with E-state index in [0.717, 1.165) is 36.6 Å². The average Bonchev–Trinajstić information content (AvgIpc) is 2.65. The minimum atomic E-state index is 0.154. The molecular formula is C20H23NO3. The number of anilines is 1. The molecule has 0 saturated heterocycles. The van der Waals surface area contributed by atoms with Gasteiger partial charge in [0.05, 0.1) is 19.4 Å². The standard InChI is InChI=1S/C20H23NO3/c1-23-18-12-11-16-7-5-13-21(19(16)15-18)20(22)10-6-14-24-17-8-3-2-4-9-17/h2-4,8-9,11-12,15H,5-7,10,13-14H2,1H3. The number of hydrogen-bond donors (Lipinski definition) is 0. The van der Waals surface area contributed by atoms with Crippen LogP contribution in [-0.2, 0) is 11.2 Å². The maximum Gasteiger partial charge on any atom is 0.227 e. The molecule has 4 heteroatoms. The summed E-state index contributed by atoms with van der Waals surface area (Å²) in [4.78, 5) is 14.5. The zero-order valence-electron chi connectivity index (χ0n) is 14.0. The van der Waals surface area contributed by atoms with Crippen LogP contribution in [0, 0.1) is 0 Å². The Morgan fingerprint density at radius 1 is 1.12 bits per heavy atom. The molecule has 1 heterocycles. The van der Waals surface area contributed by atoms with Crippen LogP contribution in [-0.4, -0.2) is 26.2 Å². The highest BCUT2D eigenvalue weighted by atomic mass is 16.5. The van der Waals surface area contributed by atoms with Crippen molar-refractivity contribution in [2.24, 2.45) is 0 Å². The van der Waals surface area contributed by atoms with Gasteiger partial charge in [0.15, 0.2) is 0 Å². The van der Waals surface area contributed by atoms with Crippen molar-refractivity contribution in [3.63, 3.8) is 0 Å². The van der Waals surface area contributed by atoms with E-state index in [-0.39, 0.29) is 5.91 Å². The van der Waals surface area contributed by atoms with Crippen LogP contribution in [0.25, 0.3) is 0 Å². The zero-order valence-corrected chi connectivity index (χ0v) is 14.0. The highest BCUT2D eigenvalue weighted by molar-refractivity contribution is 5.94. The van der Waals surface area contributed by atoms with E-state index in [9.17, 15) is 4.79 Å². The van der Waals surface area contributed by atoms with Crippen molar-refractivity contribution < 1.29 is 14.3 Å². The summed E-state index contributed by atoms with van der Waals surface area (Å²) in [6, 6.07) is 15.7. The van der Waals surface area contributed by atoms with Gasteiger partial charge in [-0.15, -0.1) is 0 Å². The summed E-state index contributed by atoms with van der Waals surface area (Å²) < 4.78 is 11.0. The molecule has 126 valence electrons. The van der Waals surface area contributed by atoms with Crippen molar-refractivity contribution in [3.05, 3.63) is 54.1 Å². The molecular weight excluding hydrogens is 302 g/mol. The summed E-state index contributed by atoms with van der Waals surface area (Å²) in [5.74, 6) is 1.79. The minimum absolute atomic E-state index is 0.154. The molecule has 24 heavy (non-hydrogen) atoms. The topological polar surface area (TPSA) is 38.8 Å². The second-order valence-electron chi connectivity index (χ2n) is 5.91. The summed E-state index contributed by atoms with van der Waals surface area (Å²) in [7, 11) is 1.65. The number of carbonyl (C=O) groups is 1. The van der Waals surface area contributed by atoms with E-state index in [1.165, 1.54) is 5.56 Å². The van der Waals surface area contributed by atoms with E-state index in [1.54, 1.807) is 7.11 Å². The maximum absolute atomic E-state index is 12.6. The first-order chi connectivity index (χ1) is 11.8. The van der Waals surface area contributed by atoms with Crippen molar-refractivity contribution in [3.8, 4) is 11.5 Å². The van der Waals surface area contributed by atoms with E-state index in [0.29, 0.717) is 19.4 Å². The van der Waals surface area contributed by atoms with Gasteiger partial charge in [0, 0.05) is 19.0 Å². The lowest BCUT2D eigenvalue weighted by molar-refractivity contribution is -0.118. The largest absolute Gasteiger partial charge is 0.497 e. The number of benzene rings is 2. The van der Waals surface area contributed by atoms with Crippen molar-refractivity contribution >= 4 is 11.6 Å². The third kappa shape index (κ3) is 3.88. The lowest BCUT2D eigenvalue weighted by Crippen LogP contribution is -2.35. The van der Waals surface area contributed by atoms with Crippen LogP contribution in [0.1, 0.15) is 24.8 Å². The third-order valence-corrected chi connectivity index (χ3v) is 4.26. The van der Waals surface area contributed by atoms with Crippen LogP contribution >= 0.6 is 0 Å². The highest BCUT2D eigenvalue weighted by Crippen LogP contribution is 2.31. The number of ether oxygens (including phenoxy) is 2. The van der Waals surface area contributed by atoms with Gasteiger partial charge in [-0.25, -0.2) is 0 Å². The molecule has 0 fully saturated rings. The SMILES string of the molecule is COc1ccc2c(c1)N(C(=O)CCCOc1ccccc1)CCC2. The Labute approximate surface area is 143 Å². The lowest BCUT2D eigenvalue weighted by atomic mass is 10.0. The molecule has 0 N–H and O–H groups in total. The molecule has 1 amide bonds. The first-order valence-corrected chi connectivity index (χ1v) is 8.43. The second-order valence-corrected chi connectivity index (χ2v) is 5.91. The van der Waals surface area contributed by atoms with Crippen LogP contribution in [0.5, 0.6) is 11.5 Å². The smallest absolute Gasteiger partial charge is 0.227 e. The number of methoxy groups -OCH3 is 1. The van der Waals surface area contributed by atoms with E-state index in [1.807, 2.05) is 47.4 Å². The average molecular weight is 325 g/mol. The second kappa shape index (κ2) is 7.86. The predicted molar refractivity (Wildman–Crippen MR) is 94.8 cm³/mol. The van der Waals surface area contributed by atoms with Gasteiger partial charge in [0.1, 0.15) is 11.5 Å². The summed E-state index contributed by atoms with van der Waals surface area (Å²) in [5, 5.41) is 0. The van der Waals surface area contributed by atoms with E-state index < -0.39 is 0 Å². The number of amides is 1. The van der Waals surface area contributed by atoms with Gasteiger partial charge >= 0.3 is 0 Å². The quantitative estimate of drug-likeness (QED) is 0.758. The van der Waals surface area contributed by atoms with Crippen molar-refractivity contribution in [2.45, 2.75) is 25.7 Å². The lowest BCUT2D eigenvalue weighted by Gasteiger charge is -2.30. The Morgan fingerprint density at radius 3 is 2.75 bits per heavy atom. The fourth-order valence-electron chi connectivity index (χ4n) is 3.01. The van der Waals surface area contributed by atoms with Gasteiger partial charge in [-0.05, 0) is 43.0 Å². The predicted octanol–water partition coefficient (Wildman–Crippen LogP) is 3.83. The number of rotatable bonds is 6. The molecule has 0 bridgehead atoms. The van der Waals surface area contributed by atoms with Crippen LogP contribution in [0.2, 0.25) is 0 Å². The fourth-order valence-corrected chi connectivity index (χ4v) is 3.01. The summed E-state index contributed by atoms with van der Waals surface area (Å²) >= 11 is 0. The minimum Gasteiger partial charge on any atom is -0.497 e.